The van der Waals surface area contributed by atoms with Crippen LogP contribution in [0.2, 0.25) is 5.02 Å². The third kappa shape index (κ3) is 4.09. The average Bonchev–Trinajstić information content (AvgIpc) is 3.12. The number of anilines is 1. The van der Waals surface area contributed by atoms with Gasteiger partial charge in [-0.05, 0) is 30.5 Å². The molecule has 0 bridgehead atoms. The summed E-state index contributed by atoms with van der Waals surface area (Å²) in [6.45, 7) is 2.43. The molecule has 122 valence electrons. The Morgan fingerprint density at radius 3 is 3.09 bits per heavy atom. The Hall–Kier alpha value is -1.47. The van der Waals surface area contributed by atoms with Crippen molar-refractivity contribution < 1.29 is 9.90 Å². The second-order valence-electron chi connectivity index (χ2n) is 5.73. The number of carbonyl (C=O) groups excluding carboxylic acids is 1. The molecule has 5 nitrogen and oxygen atoms in total. The zero-order valence-corrected chi connectivity index (χ0v) is 14.2. The molecule has 1 aliphatic rings. The summed E-state index contributed by atoms with van der Waals surface area (Å²) in [5.74, 6) is -0.152. The minimum absolute atomic E-state index is 0.152. The van der Waals surface area contributed by atoms with E-state index in [4.69, 9.17) is 11.6 Å². The Morgan fingerprint density at radius 2 is 2.39 bits per heavy atom. The summed E-state index contributed by atoms with van der Waals surface area (Å²) in [5, 5.41) is 16.6. The summed E-state index contributed by atoms with van der Waals surface area (Å²) in [7, 11) is 0. The molecule has 0 spiro atoms. The molecule has 23 heavy (non-hydrogen) atoms. The zero-order valence-electron chi connectivity index (χ0n) is 12.7. The maximum atomic E-state index is 12.1. The first-order chi connectivity index (χ1) is 11.0. The number of hydrogen-bond donors (Lipinski definition) is 3. The van der Waals surface area contributed by atoms with E-state index in [-0.39, 0.29) is 11.9 Å². The van der Waals surface area contributed by atoms with Gasteiger partial charge in [0.1, 0.15) is 0 Å². The van der Waals surface area contributed by atoms with Gasteiger partial charge in [-0.2, -0.15) is 0 Å². The summed E-state index contributed by atoms with van der Waals surface area (Å²) < 4.78 is 0. The van der Waals surface area contributed by atoms with E-state index in [1.165, 1.54) is 11.3 Å². The standard InChI is InChI=1S/C16H18ClN3O2S/c1-9-2-3-10(5-13(9)17)4-12-8-19-16(23-12)20-15(22)14-6-11(21)7-18-14/h2-3,5,8,11,14,18,21H,4,6-7H2,1H3,(H,19,20,22)/t11-,14+/m0/s1. The number of nitrogens with zero attached hydrogens (tertiary/aromatic N) is 1. The number of aromatic nitrogens is 1. The van der Waals surface area contributed by atoms with Gasteiger partial charge in [0.25, 0.3) is 0 Å². The van der Waals surface area contributed by atoms with Crippen molar-refractivity contribution in [1.82, 2.24) is 10.3 Å². The predicted octanol–water partition coefficient (Wildman–Crippen LogP) is 2.36. The van der Waals surface area contributed by atoms with Crippen LogP contribution < -0.4 is 10.6 Å². The van der Waals surface area contributed by atoms with Gasteiger partial charge in [0.05, 0.1) is 12.1 Å². The molecule has 0 saturated carbocycles. The van der Waals surface area contributed by atoms with Gasteiger partial charge in [0, 0.05) is 29.1 Å². The molecule has 3 rings (SSSR count). The maximum Gasteiger partial charge on any atom is 0.243 e. The molecule has 2 heterocycles. The number of halogens is 1. The lowest BCUT2D eigenvalue weighted by Gasteiger charge is -2.08. The number of aryl methyl sites for hydroxylation is 1. The van der Waals surface area contributed by atoms with Gasteiger partial charge in [-0.15, -0.1) is 11.3 Å². The van der Waals surface area contributed by atoms with Crippen LogP contribution in [0.15, 0.2) is 24.4 Å². The van der Waals surface area contributed by atoms with Gasteiger partial charge < -0.3 is 15.7 Å². The highest BCUT2D eigenvalue weighted by atomic mass is 35.5. The number of thiazole rings is 1. The van der Waals surface area contributed by atoms with E-state index < -0.39 is 6.10 Å². The largest absolute Gasteiger partial charge is 0.392 e. The highest BCUT2D eigenvalue weighted by Gasteiger charge is 2.28. The Morgan fingerprint density at radius 1 is 1.57 bits per heavy atom. The minimum Gasteiger partial charge on any atom is -0.392 e. The Kier molecular flexibility index (Phi) is 4.96. The first kappa shape index (κ1) is 16.4. The number of nitrogens with one attached hydrogen (secondary N) is 2. The lowest BCUT2D eigenvalue weighted by atomic mass is 10.1. The van der Waals surface area contributed by atoms with Crippen LogP contribution in [0, 0.1) is 6.92 Å². The van der Waals surface area contributed by atoms with Gasteiger partial charge in [0.2, 0.25) is 5.91 Å². The van der Waals surface area contributed by atoms with Crippen molar-refractivity contribution >= 4 is 34.0 Å². The monoisotopic (exact) mass is 351 g/mol. The predicted molar refractivity (Wildman–Crippen MR) is 92.2 cm³/mol. The van der Waals surface area contributed by atoms with Crippen molar-refractivity contribution in [3.63, 3.8) is 0 Å². The Bertz CT molecular complexity index is 719. The molecular weight excluding hydrogens is 334 g/mol. The van der Waals surface area contributed by atoms with Crippen molar-refractivity contribution in [3.8, 4) is 0 Å². The molecule has 7 heteroatoms. The van der Waals surface area contributed by atoms with E-state index in [0.29, 0.717) is 18.1 Å². The topological polar surface area (TPSA) is 74.2 Å². The molecule has 2 aromatic rings. The van der Waals surface area contributed by atoms with Crippen LogP contribution in [0.5, 0.6) is 0 Å². The molecule has 3 N–H and O–H groups in total. The van der Waals surface area contributed by atoms with Crippen LogP contribution in [0.3, 0.4) is 0 Å². The average molecular weight is 352 g/mol. The SMILES string of the molecule is Cc1ccc(Cc2cnc(NC(=O)[C@H]3C[C@H](O)CN3)s2)cc1Cl. The van der Waals surface area contributed by atoms with Gasteiger partial charge in [-0.3, -0.25) is 4.79 Å². The molecular formula is C16H18ClN3O2S. The number of benzene rings is 1. The fourth-order valence-corrected chi connectivity index (χ4v) is 3.56. The lowest BCUT2D eigenvalue weighted by molar-refractivity contribution is -0.117. The smallest absolute Gasteiger partial charge is 0.243 e. The number of hydrogen-bond acceptors (Lipinski definition) is 5. The number of aliphatic hydroxyl groups excluding tert-OH is 1. The number of amides is 1. The van der Waals surface area contributed by atoms with Crippen molar-refractivity contribution in [1.29, 1.82) is 0 Å². The summed E-state index contributed by atoms with van der Waals surface area (Å²) in [4.78, 5) is 17.4. The molecule has 0 aliphatic carbocycles. The van der Waals surface area contributed by atoms with Crippen LogP contribution in [-0.4, -0.2) is 34.7 Å². The van der Waals surface area contributed by atoms with Crippen LogP contribution in [-0.2, 0) is 11.2 Å². The Labute approximate surface area is 143 Å². The van der Waals surface area contributed by atoms with Crippen LogP contribution in [0.25, 0.3) is 0 Å². The Balaban J connectivity index is 1.61. The van der Waals surface area contributed by atoms with Gasteiger partial charge >= 0.3 is 0 Å². The second-order valence-corrected chi connectivity index (χ2v) is 7.25. The van der Waals surface area contributed by atoms with E-state index in [2.05, 4.69) is 15.6 Å². The van der Waals surface area contributed by atoms with E-state index in [1.54, 1.807) is 6.20 Å². The third-order valence-electron chi connectivity index (χ3n) is 3.82. The van der Waals surface area contributed by atoms with Gasteiger partial charge in [-0.1, -0.05) is 23.7 Å². The summed E-state index contributed by atoms with van der Waals surface area (Å²) >= 11 is 7.59. The van der Waals surface area contributed by atoms with E-state index in [0.717, 1.165) is 27.4 Å². The molecule has 1 aromatic heterocycles. The van der Waals surface area contributed by atoms with E-state index in [1.807, 2.05) is 25.1 Å². The molecule has 1 aliphatic heterocycles. The summed E-state index contributed by atoms with van der Waals surface area (Å²) in [5.41, 5.74) is 2.17. The molecule has 1 aromatic carbocycles. The van der Waals surface area contributed by atoms with E-state index in [9.17, 15) is 9.90 Å². The van der Waals surface area contributed by atoms with Crippen LogP contribution in [0.4, 0.5) is 5.13 Å². The molecule has 2 atom stereocenters. The number of carbonyl (C=O) groups is 1. The molecule has 1 amide bonds. The highest BCUT2D eigenvalue weighted by molar-refractivity contribution is 7.15. The van der Waals surface area contributed by atoms with Crippen molar-refractivity contribution in [2.75, 3.05) is 11.9 Å². The maximum absolute atomic E-state index is 12.1. The number of β-amino-alcohol motifs (C(OH)–C–C–N with tert-alkyl or cyclic N) is 1. The van der Waals surface area contributed by atoms with Gasteiger partial charge in [-0.25, -0.2) is 4.98 Å². The van der Waals surface area contributed by atoms with Crippen LogP contribution >= 0.6 is 22.9 Å². The molecule has 1 saturated heterocycles. The van der Waals surface area contributed by atoms with Crippen molar-refractivity contribution in [2.45, 2.75) is 31.9 Å². The molecule has 0 unspecified atom stereocenters. The fourth-order valence-electron chi connectivity index (χ4n) is 2.50. The highest BCUT2D eigenvalue weighted by Crippen LogP contribution is 2.24. The fraction of sp³-hybridized carbons (Fsp3) is 0.375. The third-order valence-corrected chi connectivity index (χ3v) is 5.14. The second kappa shape index (κ2) is 6.97. The first-order valence-corrected chi connectivity index (χ1v) is 8.63. The zero-order chi connectivity index (χ0) is 16.4. The minimum atomic E-state index is -0.455. The molecule has 0 radical (unpaired) electrons. The molecule has 1 fully saturated rings. The quantitative estimate of drug-likeness (QED) is 0.790. The van der Waals surface area contributed by atoms with Crippen LogP contribution in [0.1, 0.15) is 22.4 Å². The lowest BCUT2D eigenvalue weighted by Crippen LogP contribution is -2.35. The van der Waals surface area contributed by atoms with Crippen molar-refractivity contribution in [2.24, 2.45) is 0 Å². The number of aliphatic hydroxyl groups is 1. The van der Waals surface area contributed by atoms with E-state index >= 15 is 0 Å². The van der Waals surface area contributed by atoms with Crippen molar-refractivity contribution in [3.05, 3.63) is 45.4 Å². The normalized spacial score (nSPS) is 20.7. The summed E-state index contributed by atoms with van der Waals surface area (Å²) in [6.07, 6.45) is 2.48. The first-order valence-electron chi connectivity index (χ1n) is 7.43. The number of rotatable bonds is 4. The van der Waals surface area contributed by atoms with Gasteiger partial charge in [0.15, 0.2) is 5.13 Å². The summed E-state index contributed by atoms with van der Waals surface area (Å²) in [6, 6.07) is 5.65.